The first-order valence-corrected chi connectivity index (χ1v) is 10.9. The van der Waals surface area contributed by atoms with Gasteiger partial charge in [0.1, 0.15) is 11.6 Å². The molecule has 0 aliphatic heterocycles. The van der Waals surface area contributed by atoms with E-state index in [0.29, 0.717) is 28.8 Å². The van der Waals surface area contributed by atoms with Crippen molar-refractivity contribution in [1.82, 2.24) is 15.0 Å². The van der Waals surface area contributed by atoms with Crippen LogP contribution in [0, 0.1) is 0 Å². The second kappa shape index (κ2) is 7.96. The number of ether oxygens (including phenoxy) is 1. The van der Waals surface area contributed by atoms with Gasteiger partial charge in [0.15, 0.2) is 5.82 Å². The molecule has 2 heterocycles. The second-order valence-electron chi connectivity index (χ2n) is 6.56. The normalized spacial score (nSPS) is 11.3. The van der Waals surface area contributed by atoms with Crippen LogP contribution in [0.15, 0.2) is 67.0 Å². The fourth-order valence-corrected chi connectivity index (χ4v) is 3.56. The number of para-hydroxylation sites is 1. The summed E-state index contributed by atoms with van der Waals surface area (Å²) in [5.74, 6) is 1.58. The zero-order valence-corrected chi connectivity index (χ0v) is 17.1. The maximum atomic E-state index is 11.6. The Kier molecular flexibility index (Phi) is 5.20. The van der Waals surface area contributed by atoms with Gasteiger partial charge in [-0.05, 0) is 36.4 Å². The largest absolute Gasteiger partial charge is 0.494 e. The van der Waals surface area contributed by atoms with Gasteiger partial charge < -0.3 is 10.1 Å². The highest BCUT2D eigenvalue weighted by Crippen LogP contribution is 2.32. The smallest absolute Gasteiger partial charge is 0.229 e. The molecule has 8 nitrogen and oxygen atoms in total. The molecule has 30 heavy (non-hydrogen) atoms. The van der Waals surface area contributed by atoms with E-state index in [1.54, 1.807) is 30.6 Å². The zero-order valence-electron chi connectivity index (χ0n) is 16.3. The quantitative estimate of drug-likeness (QED) is 0.487. The molecule has 0 radical (unpaired) electrons. The first-order valence-electron chi connectivity index (χ1n) is 9.03. The summed E-state index contributed by atoms with van der Waals surface area (Å²) in [5.41, 5.74) is 2.69. The summed E-state index contributed by atoms with van der Waals surface area (Å²) in [6.45, 7) is 0. The number of nitrogens with zero attached hydrogens (tertiary/aromatic N) is 3. The van der Waals surface area contributed by atoms with Crippen LogP contribution in [0.2, 0.25) is 0 Å². The fraction of sp³-hybridized carbons (Fsp3) is 0.0952. The first-order chi connectivity index (χ1) is 14.4. The minimum Gasteiger partial charge on any atom is -0.494 e. The number of fused-ring (bicyclic) bond motifs is 1. The molecule has 2 aromatic heterocycles. The average Bonchev–Trinajstić information content (AvgIpc) is 2.74. The van der Waals surface area contributed by atoms with Crippen molar-refractivity contribution in [3.05, 3.63) is 67.0 Å². The van der Waals surface area contributed by atoms with Gasteiger partial charge in [0.25, 0.3) is 0 Å². The molecule has 4 rings (SSSR count). The standard InChI is InChI=1S/C21H19N5O3S/c1-29-19-13-15(7-8-18(19)26-30(2,27)28)23-21-16-5-3-4-6-17(16)24-20(25-21)14-9-11-22-12-10-14/h3-13,26H,1-2H3,(H,23,24,25). The predicted octanol–water partition coefficient (Wildman–Crippen LogP) is 3.82. The number of sulfonamides is 1. The number of benzene rings is 2. The maximum Gasteiger partial charge on any atom is 0.229 e. The van der Waals surface area contributed by atoms with Gasteiger partial charge >= 0.3 is 0 Å². The van der Waals surface area contributed by atoms with Gasteiger partial charge in [0, 0.05) is 35.1 Å². The van der Waals surface area contributed by atoms with Crippen LogP contribution in [0.1, 0.15) is 0 Å². The minimum absolute atomic E-state index is 0.357. The molecule has 0 unspecified atom stereocenters. The van der Waals surface area contributed by atoms with Crippen molar-refractivity contribution in [1.29, 1.82) is 0 Å². The molecule has 2 aromatic carbocycles. The van der Waals surface area contributed by atoms with Gasteiger partial charge in [-0.25, -0.2) is 18.4 Å². The molecule has 9 heteroatoms. The molecule has 4 aromatic rings. The lowest BCUT2D eigenvalue weighted by molar-refractivity contribution is 0.417. The third-order valence-corrected chi connectivity index (χ3v) is 4.89. The van der Waals surface area contributed by atoms with E-state index in [2.05, 4.69) is 20.0 Å². The minimum atomic E-state index is -3.42. The highest BCUT2D eigenvalue weighted by Gasteiger charge is 2.12. The van der Waals surface area contributed by atoms with Crippen molar-refractivity contribution in [3.8, 4) is 17.1 Å². The Labute approximate surface area is 174 Å². The van der Waals surface area contributed by atoms with E-state index in [4.69, 9.17) is 9.72 Å². The third-order valence-electron chi connectivity index (χ3n) is 4.30. The van der Waals surface area contributed by atoms with Gasteiger partial charge in [-0.2, -0.15) is 0 Å². The van der Waals surface area contributed by atoms with Crippen molar-refractivity contribution >= 4 is 38.1 Å². The number of nitrogens with one attached hydrogen (secondary N) is 2. The van der Waals surface area contributed by atoms with Crippen molar-refractivity contribution in [2.24, 2.45) is 0 Å². The second-order valence-corrected chi connectivity index (χ2v) is 8.31. The molecule has 152 valence electrons. The topological polar surface area (TPSA) is 106 Å². The van der Waals surface area contributed by atoms with E-state index < -0.39 is 10.0 Å². The lowest BCUT2D eigenvalue weighted by Crippen LogP contribution is -2.10. The zero-order chi connectivity index (χ0) is 21.1. The number of aromatic nitrogens is 3. The van der Waals surface area contributed by atoms with Crippen LogP contribution >= 0.6 is 0 Å². The highest BCUT2D eigenvalue weighted by atomic mass is 32.2. The average molecular weight is 421 g/mol. The van der Waals surface area contributed by atoms with Crippen LogP contribution in [-0.4, -0.2) is 36.7 Å². The van der Waals surface area contributed by atoms with Crippen molar-refractivity contribution in [2.45, 2.75) is 0 Å². The molecule has 0 fully saturated rings. The molecule has 0 spiro atoms. The first kappa shape index (κ1) is 19.6. The van der Waals surface area contributed by atoms with E-state index >= 15 is 0 Å². The molecule has 0 amide bonds. The van der Waals surface area contributed by atoms with Crippen LogP contribution in [0.25, 0.3) is 22.3 Å². The number of anilines is 3. The third kappa shape index (κ3) is 4.31. The van der Waals surface area contributed by atoms with Gasteiger partial charge in [0.2, 0.25) is 10.0 Å². The Morgan fingerprint density at radius 1 is 0.967 bits per heavy atom. The molecule has 2 N–H and O–H groups in total. The molecule has 0 saturated heterocycles. The lowest BCUT2D eigenvalue weighted by atomic mass is 10.2. The Morgan fingerprint density at radius 2 is 1.73 bits per heavy atom. The summed E-state index contributed by atoms with van der Waals surface area (Å²) < 4.78 is 30.9. The highest BCUT2D eigenvalue weighted by molar-refractivity contribution is 7.92. The monoisotopic (exact) mass is 421 g/mol. The van der Waals surface area contributed by atoms with Crippen molar-refractivity contribution in [3.63, 3.8) is 0 Å². The van der Waals surface area contributed by atoms with E-state index in [1.165, 1.54) is 7.11 Å². The fourth-order valence-electron chi connectivity index (χ4n) is 2.99. The maximum absolute atomic E-state index is 11.6. The predicted molar refractivity (Wildman–Crippen MR) is 118 cm³/mol. The molecule has 0 aliphatic carbocycles. The Balaban J connectivity index is 1.76. The van der Waals surface area contributed by atoms with Gasteiger partial charge in [-0.3, -0.25) is 9.71 Å². The van der Waals surface area contributed by atoms with Crippen LogP contribution in [-0.2, 0) is 10.0 Å². The number of hydrogen-bond acceptors (Lipinski definition) is 7. The van der Waals surface area contributed by atoms with E-state index in [9.17, 15) is 8.42 Å². The van der Waals surface area contributed by atoms with Gasteiger partial charge in [-0.15, -0.1) is 0 Å². The summed E-state index contributed by atoms with van der Waals surface area (Å²) in [7, 11) is -1.94. The number of hydrogen-bond donors (Lipinski definition) is 2. The summed E-state index contributed by atoms with van der Waals surface area (Å²) in [6.07, 6.45) is 4.48. The van der Waals surface area contributed by atoms with E-state index in [1.807, 2.05) is 36.4 Å². The molecule has 0 saturated carbocycles. The summed E-state index contributed by atoms with van der Waals surface area (Å²) in [6, 6.07) is 16.5. The van der Waals surface area contributed by atoms with Crippen molar-refractivity contribution < 1.29 is 13.2 Å². The molecule has 0 atom stereocenters. The van der Waals surface area contributed by atoms with E-state index in [-0.39, 0.29) is 0 Å². The number of rotatable bonds is 6. The molecule has 0 aliphatic rings. The Morgan fingerprint density at radius 3 is 2.47 bits per heavy atom. The van der Waals surface area contributed by atoms with Crippen LogP contribution in [0.5, 0.6) is 5.75 Å². The van der Waals surface area contributed by atoms with Crippen LogP contribution in [0.4, 0.5) is 17.2 Å². The van der Waals surface area contributed by atoms with E-state index in [0.717, 1.165) is 22.7 Å². The molecule has 0 bridgehead atoms. The van der Waals surface area contributed by atoms with Crippen LogP contribution < -0.4 is 14.8 Å². The number of pyridine rings is 1. The van der Waals surface area contributed by atoms with Gasteiger partial charge in [-0.1, -0.05) is 12.1 Å². The van der Waals surface area contributed by atoms with Gasteiger partial charge in [0.05, 0.1) is 24.6 Å². The summed E-state index contributed by atoms with van der Waals surface area (Å²) >= 11 is 0. The van der Waals surface area contributed by atoms with Crippen LogP contribution in [0.3, 0.4) is 0 Å². The molecular weight excluding hydrogens is 402 g/mol. The summed E-state index contributed by atoms with van der Waals surface area (Å²) in [4.78, 5) is 13.4. The van der Waals surface area contributed by atoms with Crippen molar-refractivity contribution in [2.75, 3.05) is 23.4 Å². The Bertz CT molecular complexity index is 1310. The Hall–Kier alpha value is -3.72. The molecular formula is C21H19N5O3S. The number of methoxy groups -OCH3 is 1. The SMILES string of the molecule is COc1cc(Nc2nc(-c3ccncc3)nc3ccccc23)ccc1NS(C)(=O)=O. The summed E-state index contributed by atoms with van der Waals surface area (Å²) in [5, 5.41) is 4.15. The lowest BCUT2D eigenvalue weighted by Gasteiger charge is -2.14.